The number of aromatic nitrogens is 1. The van der Waals surface area contributed by atoms with Crippen LogP contribution in [0.3, 0.4) is 0 Å². The maximum atomic E-state index is 14.0. The Morgan fingerprint density at radius 2 is 1.81 bits per heavy atom. The van der Waals surface area contributed by atoms with Crippen LogP contribution in [-0.2, 0) is 15.1 Å². The number of carbonyl (C=O) groups excluding carboxylic acids is 3. The molecule has 0 spiro atoms. The van der Waals surface area contributed by atoms with E-state index in [0.717, 1.165) is 6.42 Å². The highest BCUT2D eigenvalue weighted by Gasteiger charge is 2.49. The molecule has 0 aliphatic heterocycles. The molecule has 0 bridgehead atoms. The largest absolute Gasteiger partial charge is 0.439 e. The number of nitrogens with one attached hydrogen (secondary N) is 2. The van der Waals surface area contributed by atoms with Crippen molar-refractivity contribution in [2.75, 3.05) is 5.73 Å². The second kappa shape index (κ2) is 10.7. The normalized spacial score (nSPS) is 23.0. The third kappa shape index (κ3) is 4.61. The van der Waals surface area contributed by atoms with Crippen molar-refractivity contribution in [1.82, 2.24) is 15.6 Å². The zero-order valence-corrected chi connectivity index (χ0v) is 23.4. The van der Waals surface area contributed by atoms with E-state index in [-0.39, 0.29) is 23.9 Å². The Kier molecular flexibility index (Phi) is 7.01. The molecule has 2 aromatic heterocycles. The Bertz CT molecular complexity index is 1720. The van der Waals surface area contributed by atoms with Crippen molar-refractivity contribution in [3.05, 3.63) is 95.0 Å². The van der Waals surface area contributed by atoms with Crippen molar-refractivity contribution in [2.45, 2.75) is 42.9 Å². The minimum Gasteiger partial charge on any atom is -0.439 e. The van der Waals surface area contributed by atoms with Crippen LogP contribution >= 0.6 is 11.3 Å². The molecule has 11 heteroatoms. The molecule has 42 heavy (non-hydrogen) atoms. The maximum absolute atomic E-state index is 14.0. The Labute approximate surface area is 245 Å². The second-order valence-electron chi connectivity index (χ2n) is 10.6. The van der Waals surface area contributed by atoms with Crippen molar-refractivity contribution in [1.29, 1.82) is 0 Å². The Morgan fingerprint density at radius 3 is 2.50 bits per heavy atom. The van der Waals surface area contributed by atoms with E-state index in [4.69, 9.17) is 21.9 Å². The zero-order chi connectivity index (χ0) is 29.6. The first kappa shape index (κ1) is 27.6. The molecule has 1 fully saturated rings. The number of anilines is 1. The van der Waals surface area contributed by atoms with Crippen molar-refractivity contribution < 1.29 is 19.1 Å². The van der Waals surface area contributed by atoms with E-state index < -0.39 is 17.4 Å². The number of para-hydroxylation sites is 1. The molecule has 8 N–H and O–H groups in total. The molecule has 4 atom stereocenters. The van der Waals surface area contributed by atoms with Crippen LogP contribution in [0.25, 0.3) is 10.1 Å². The number of thiophene rings is 1. The monoisotopic (exact) mass is 582 g/mol. The van der Waals surface area contributed by atoms with E-state index in [9.17, 15) is 14.4 Å². The molecule has 2 unspecified atom stereocenters. The lowest BCUT2D eigenvalue weighted by Crippen LogP contribution is -2.52. The highest BCUT2D eigenvalue weighted by Crippen LogP contribution is 2.49. The van der Waals surface area contributed by atoms with Gasteiger partial charge in [-0.1, -0.05) is 30.8 Å². The Hall–Kier alpha value is -4.58. The summed E-state index contributed by atoms with van der Waals surface area (Å²) in [5.74, 6) is -0.0713. The van der Waals surface area contributed by atoms with Crippen LogP contribution in [0, 0.1) is 0 Å². The summed E-state index contributed by atoms with van der Waals surface area (Å²) in [5.41, 5.74) is 20.1. The number of amides is 2. The number of benzene rings is 2. The summed E-state index contributed by atoms with van der Waals surface area (Å²) in [5, 5.41) is 6.56. The number of hydrogen-bond acceptors (Lipinski definition) is 9. The van der Waals surface area contributed by atoms with Crippen LogP contribution in [0.15, 0.2) is 73.4 Å². The van der Waals surface area contributed by atoms with Crippen molar-refractivity contribution in [3.63, 3.8) is 0 Å². The smallest absolute Gasteiger partial charge is 0.261 e. The summed E-state index contributed by atoms with van der Waals surface area (Å²) in [6.45, 7) is 3.48. The molecule has 1 saturated carbocycles. The average molecular weight is 583 g/mol. The number of nitrogens with zero attached hydrogens (tertiary/aromatic N) is 1. The van der Waals surface area contributed by atoms with Gasteiger partial charge in [0.05, 0.1) is 15.6 Å². The Balaban J connectivity index is 1.34. The van der Waals surface area contributed by atoms with E-state index in [2.05, 4.69) is 22.2 Å². The zero-order valence-electron chi connectivity index (χ0n) is 22.6. The van der Waals surface area contributed by atoms with Gasteiger partial charge in [0.1, 0.15) is 11.3 Å². The highest BCUT2D eigenvalue weighted by atomic mass is 32.1. The fraction of sp³-hybridized carbons (Fsp3) is 0.226. The number of nitrogens with two attached hydrogens (primary N) is 3. The van der Waals surface area contributed by atoms with Crippen LogP contribution in [0.5, 0.6) is 11.6 Å². The van der Waals surface area contributed by atoms with Gasteiger partial charge < -0.3 is 32.6 Å². The summed E-state index contributed by atoms with van der Waals surface area (Å²) in [7, 11) is 0. The van der Waals surface area contributed by atoms with Gasteiger partial charge in [-0.05, 0) is 55.2 Å². The summed E-state index contributed by atoms with van der Waals surface area (Å²) >= 11 is 1.20. The van der Waals surface area contributed by atoms with Crippen LogP contribution in [0.4, 0.5) is 5.69 Å². The molecular formula is C31H30N6O4S. The molecule has 0 radical (unpaired) electrons. The van der Waals surface area contributed by atoms with Crippen molar-refractivity contribution in [3.8, 4) is 11.6 Å². The van der Waals surface area contributed by atoms with Gasteiger partial charge in [0, 0.05) is 46.5 Å². The summed E-state index contributed by atoms with van der Waals surface area (Å²) in [6, 6.07) is 14.6. The maximum Gasteiger partial charge on any atom is 0.261 e. The van der Waals surface area contributed by atoms with Gasteiger partial charge in [0.2, 0.25) is 11.8 Å². The van der Waals surface area contributed by atoms with Crippen molar-refractivity contribution in [2.24, 2.45) is 11.5 Å². The number of hydrogen-bond donors (Lipinski definition) is 5. The van der Waals surface area contributed by atoms with Gasteiger partial charge in [-0.3, -0.25) is 14.4 Å². The fourth-order valence-electron chi connectivity index (χ4n) is 5.89. The lowest BCUT2D eigenvalue weighted by atomic mass is 9.71. The molecule has 6 rings (SSSR count). The number of ketones is 1. The van der Waals surface area contributed by atoms with Gasteiger partial charge in [0.15, 0.2) is 5.78 Å². The first-order chi connectivity index (χ1) is 20.2. The number of nitrogen functional groups attached to an aromatic ring is 1. The summed E-state index contributed by atoms with van der Waals surface area (Å²) in [6.07, 6.45) is 4.77. The molecule has 214 valence electrons. The lowest BCUT2D eigenvalue weighted by Gasteiger charge is -2.36. The standard InChI is InChI=1S/C31H30N6O4S/c1-2-22(38)36-17-9-10-18(14-17)37-30(40)28-25-24-20(11-12-21(32)27(24)42-28)31(34,29(39)26(25)33)16-8-13-23(35-15-16)41-19-6-4-3-5-7-19/h2-8,11-13,15,17-18,26H,1,9-10,14,32-34H2,(H,36,38)(H,37,40)/t17-,18+,26?,31?/m0/s1. The molecular weight excluding hydrogens is 552 g/mol. The molecule has 2 heterocycles. The third-order valence-corrected chi connectivity index (χ3v) is 9.23. The number of ether oxygens (including phenoxy) is 1. The second-order valence-corrected chi connectivity index (χ2v) is 11.6. The van der Waals surface area contributed by atoms with Crippen LogP contribution in [0.1, 0.15) is 51.7 Å². The minimum atomic E-state index is -1.62. The SMILES string of the molecule is C=CC(=O)N[C@H]1CC[C@@H](NC(=O)c2sc3c(N)ccc4c3c2C(N)C(=O)C4(N)c2ccc(Oc3ccccc3)nc2)C1. The van der Waals surface area contributed by atoms with Gasteiger partial charge in [-0.2, -0.15) is 0 Å². The fourth-order valence-corrected chi connectivity index (χ4v) is 7.09. The predicted molar refractivity (Wildman–Crippen MR) is 161 cm³/mol. The predicted octanol–water partition coefficient (Wildman–Crippen LogP) is 3.41. The quantitative estimate of drug-likeness (QED) is 0.163. The minimum absolute atomic E-state index is 0.0522. The Morgan fingerprint density at radius 1 is 1.07 bits per heavy atom. The number of rotatable bonds is 7. The number of carbonyl (C=O) groups is 3. The molecule has 0 saturated heterocycles. The van der Waals surface area contributed by atoms with E-state index in [1.165, 1.54) is 23.6 Å². The first-order valence-electron chi connectivity index (χ1n) is 13.6. The van der Waals surface area contributed by atoms with Gasteiger partial charge in [0.25, 0.3) is 5.91 Å². The van der Waals surface area contributed by atoms with Crippen LogP contribution < -0.4 is 32.6 Å². The topological polar surface area (TPSA) is 175 Å². The third-order valence-electron chi connectivity index (χ3n) is 7.98. The average Bonchev–Trinajstić information content (AvgIpc) is 3.61. The highest BCUT2D eigenvalue weighted by molar-refractivity contribution is 7.21. The van der Waals surface area contributed by atoms with Crippen LogP contribution in [0.2, 0.25) is 0 Å². The molecule has 2 amide bonds. The summed E-state index contributed by atoms with van der Waals surface area (Å²) in [4.78, 5) is 44.0. The van der Waals surface area contributed by atoms with Gasteiger partial charge in [-0.15, -0.1) is 11.3 Å². The molecule has 2 aliphatic rings. The molecule has 10 nitrogen and oxygen atoms in total. The van der Waals surface area contributed by atoms with Gasteiger partial charge >= 0.3 is 0 Å². The van der Waals surface area contributed by atoms with E-state index >= 15 is 0 Å². The van der Waals surface area contributed by atoms with E-state index in [0.29, 0.717) is 61.8 Å². The lowest BCUT2D eigenvalue weighted by molar-refractivity contribution is -0.124. The van der Waals surface area contributed by atoms with E-state index in [1.54, 1.807) is 24.3 Å². The molecule has 2 aromatic carbocycles. The van der Waals surface area contributed by atoms with Crippen molar-refractivity contribution >= 4 is 44.7 Å². The van der Waals surface area contributed by atoms with Crippen LogP contribution in [-0.4, -0.2) is 34.7 Å². The molecule has 2 aliphatic carbocycles. The van der Waals surface area contributed by atoms with Gasteiger partial charge in [-0.25, -0.2) is 4.98 Å². The number of pyridine rings is 1. The number of Topliss-reactive ketones (excluding diaryl/α,β-unsaturated/α-hetero) is 1. The van der Waals surface area contributed by atoms with E-state index in [1.807, 2.05) is 30.3 Å². The first-order valence-corrected chi connectivity index (χ1v) is 14.4. The summed E-state index contributed by atoms with van der Waals surface area (Å²) < 4.78 is 6.44. The molecule has 4 aromatic rings.